The van der Waals surface area contributed by atoms with E-state index in [0.29, 0.717) is 11.3 Å². The zero-order valence-corrected chi connectivity index (χ0v) is 12.2. The van der Waals surface area contributed by atoms with Gasteiger partial charge in [-0.3, -0.25) is 0 Å². The quantitative estimate of drug-likeness (QED) is 0.795. The fraction of sp³-hybridized carbons (Fsp3) is 0.286. The van der Waals surface area contributed by atoms with Gasteiger partial charge in [0.2, 0.25) is 0 Å². The highest BCUT2D eigenvalue weighted by atomic mass is 16.7. The minimum Gasteiger partial charge on any atom is -0.496 e. The third-order valence-corrected chi connectivity index (χ3v) is 3.10. The molecule has 0 aliphatic carbocycles. The minimum atomic E-state index is -1.36. The van der Waals surface area contributed by atoms with Crippen molar-refractivity contribution in [3.05, 3.63) is 41.7 Å². The van der Waals surface area contributed by atoms with Crippen LogP contribution in [0.2, 0.25) is 0 Å². The van der Waals surface area contributed by atoms with E-state index in [-0.39, 0.29) is 17.5 Å². The maximum Gasteiger partial charge on any atom is 0.261 e. The number of para-hydroxylation sites is 1. The van der Waals surface area contributed by atoms with Gasteiger partial charge in [0.1, 0.15) is 17.4 Å². The van der Waals surface area contributed by atoms with E-state index >= 15 is 0 Å². The summed E-state index contributed by atoms with van der Waals surface area (Å²) >= 11 is 0. The number of benzene rings is 1. The van der Waals surface area contributed by atoms with Gasteiger partial charge >= 0.3 is 0 Å². The molecule has 7 nitrogen and oxygen atoms in total. The Morgan fingerprint density at radius 1 is 0.952 bits per heavy atom. The molecule has 1 heterocycles. The Balaban J connectivity index is 2.70. The molecular formula is C14H18N4O3. The number of methoxy groups -OCH3 is 3. The number of hydrogen-bond donors (Lipinski definition) is 2. The number of hydrogen-bond acceptors (Lipinski definition) is 7. The summed E-state index contributed by atoms with van der Waals surface area (Å²) in [7, 11) is 4.53. The largest absolute Gasteiger partial charge is 0.496 e. The molecule has 0 atom stereocenters. The van der Waals surface area contributed by atoms with Gasteiger partial charge in [0.15, 0.2) is 5.82 Å². The third kappa shape index (κ3) is 2.61. The monoisotopic (exact) mass is 290 g/mol. The molecule has 1 aromatic heterocycles. The summed E-state index contributed by atoms with van der Waals surface area (Å²) in [6.07, 6.45) is 0. The van der Waals surface area contributed by atoms with Gasteiger partial charge in [-0.2, -0.15) is 0 Å². The molecule has 4 N–H and O–H groups in total. The van der Waals surface area contributed by atoms with Gasteiger partial charge in [0.25, 0.3) is 5.79 Å². The van der Waals surface area contributed by atoms with Gasteiger partial charge in [0.05, 0.1) is 12.7 Å². The van der Waals surface area contributed by atoms with Crippen LogP contribution in [0, 0.1) is 0 Å². The number of aromatic nitrogens is 2. The predicted molar refractivity (Wildman–Crippen MR) is 78.6 cm³/mol. The highest BCUT2D eigenvalue weighted by Crippen LogP contribution is 2.37. The SMILES string of the molecule is COc1ccccc1C(OC)(OC)c1nc(N)cc(N)n1. The number of nitrogen functional groups attached to an aromatic ring is 2. The van der Waals surface area contributed by atoms with Crippen molar-refractivity contribution in [1.82, 2.24) is 9.97 Å². The molecule has 21 heavy (non-hydrogen) atoms. The Hall–Kier alpha value is -2.38. The van der Waals surface area contributed by atoms with Crippen molar-refractivity contribution < 1.29 is 14.2 Å². The normalized spacial score (nSPS) is 11.4. The van der Waals surface area contributed by atoms with Crippen LogP contribution in [0.3, 0.4) is 0 Å². The van der Waals surface area contributed by atoms with Crippen molar-refractivity contribution in [2.24, 2.45) is 0 Å². The van der Waals surface area contributed by atoms with E-state index in [2.05, 4.69) is 9.97 Å². The standard InChI is InChI=1S/C14H18N4O3/c1-19-10-7-5-4-6-9(10)14(20-2,21-3)13-17-11(15)8-12(16)18-13/h4-8H,1-3H3,(H4,15,16,17,18). The van der Waals surface area contributed by atoms with E-state index in [4.69, 9.17) is 25.7 Å². The second-order valence-electron chi connectivity index (χ2n) is 4.27. The van der Waals surface area contributed by atoms with E-state index in [1.807, 2.05) is 12.1 Å². The first-order chi connectivity index (χ1) is 10.1. The number of ether oxygens (including phenoxy) is 3. The Morgan fingerprint density at radius 2 is 1.52 bits per heavy atom. The van der Waals surface area contributed by atoms with Crippen LogP contribution >= 0.6 is 0 Å². The molecule has 1 aromatic carbocycles. The lowest BCUT2D eigenvalue weighted by molar-refractivity contribution is -0.189. The molecule has 0 saturated heterocycles. The van der Waals surface area contributed by atoms with Crippen molar-refractivity contribution >= 4 is 11.6 Å². The first-order valence-electron chi connectivity index (χ1n) is 6.21. The summed E-state index contributed by atoms with van der Waals surface area (Å²) in [5.74, 6) is -0.132. The molecule has 0 aliphatic heterocycles. The lowest BCUT2D eigenvalue weighted by atomic mass is 10.0. The molecular weight excluding hydrogens is 272 g/mol. The molecule has 112 valence electrons. The molecule has 0 spiro atoms. The highest BCUT2D eigenvalue weighted by Gasteiger charge is 2.41. The molecule has 7 heteroatoms. The predicted octanol–water partition coefficient (Wildman–Crippen LogP) is 1.14. The molecule has 0 aliphatic rings. The van der Waals surface area contributed by atoms with E-state index in [1.54, 1.807) is 19.2 Å². The van der Waals surface area contributed by atoms with Crippen LogP contribution in [0.15, 0.2) is 30.3 Å². The fourth-order valence-corrected chi connectivity index (χ4v) is 2.16. The van der Waals surface area contributed by atoms with Crippen molar-refractivity contribution in [1.29, 1.82) is 0 Å². The Labute approximate surface area is 122 Å². The smallest absolute Gasteiger partial charge is 0.261 e. The second kappa shape index (κ2) is 5.94. The van der Waals surface area contributed by atoms with Gasteiger partial charge < -0.3 is 25.7 Å². The van der Waals surface area contributed by atoms with Crippen LogP contribution < -0.4 is 16.2 Å². The molecule has 2 rings (SSSR count). The lowest BCUT2D eigenvalue weighted by Gasteiger charge is -2.30. The molecule has 0 fully saturated rings. The molecule has 0 unspecified atom stereocenters. The number of anilines is 2. The van der Waals surface area contributed by atoms with Crippen molar-refractivity contribution in [2.75, 3.05) is 32.8 Å². The number of rotatable bonds is 5. The molecule has 0 radical (unpaired) electrons. The van der Waals surface area contributed by atoms with Crippen molar-refractivity contribution in [3.8, 4) is 5.75 Å². The zero-order valence-electron chi connectivity index (χ0n) is 12.2. The van der Waals surface area contributed by atoms with Gasteiger partial charge in [-0.15, -0.1) is 0 Å². The van der Waals surface area contributed by atoms with E-state index in [0.717, 1.165) is 0 Å². The lowest BCUT2D eigenvalue weighted by Crippen LogP contribution is -2.35. The van der Waals surface area contributed by atoms with Crippen molar-refractivity contribution in [3.63, 3.8) is 0 Å². The zero-order chi connectivity index (χ0) is 15.5. The summed E-state index contributed by atoms with van der Waals surface area (Å²) in [5, 5.41) is 0. The maximum atomic E-state index is 5.74. The van der Waals surface area contributed by atoms with E-state index in [1.165, 1.54) is 20.3 Å². The average molecular weight is 290 g/mol. The topological polar surface area (TPSA) is 106 Å². The molecule has 0 bridgehead atoms. The summed E-state index contributed by atoms with van der Waals surface area (Å²) in [6.45, 7) is 0. The van der Waals surface area contributed by atoms with Crippen LogP contribution in [0.1, 0.15) is 11.4 Å². The summed E-state index contributed by atoms with van der Waals surface area (Å²) in [5.41, 5.74) is 12.1. The minimum absolute atomic E-state index is 0.203. The Kier molecular flexibility index (Phi) is 4.25. The molecule has 0 saturated carbocycles. The summed E-state index contributed by atoms with van der Waals surface area (Å²) < 4.78 is 16.5. The van der Waals surface area contributed by atoms with Crippen molar-refractivity contribution in [2.45, 2.75) is 5.79 Å². The Morgan fingerprint density at radius 3 is 2.05 bits per heavy atom. The van der Waals surface area contributed by atoms with Crippen LogP contribution in [-0.2, 0) is 15.3 Å². The Bertz CT molecular complexity index is 609. The van der Waals surface area contributed by atoms with Crippen LogP contribution in [-0.4, -0.2) is 31.3 Å². The van der Waals surface area contributed by atoms with Gasteiger partial charge in [-0.1, -0.05) is 12.1 Å². The summed E-state index contributed by atoms with van der Waals surface area (Å²) in [4.78, 5) is 8.36. The fourth-order valence-electron chi connectivity index (χ4n) is 2.16. The maximum absolute atomic E-state index is 5.74. The highest BCUT2D eigenvalue weighted by molar-refractivity contribution is 5.45. The van der Waals surface area contributed by atoms with Gasteiger partial charge in [0, 0.05) is 20.3 Å². The summed E-state index contributed by atoms with van der Waals surface area (Å²) in [6, 6.07) is 8.72. The second-order valence-corrected chi connectivity index (χ2v) is 4.27. The molecule has 0 amide bonds. The van der Waals surface area contributed by atoms with Gasteiger partial charge in [-0.05, 0) is 12.1 Å². The average Bonchev–Trinajstić information content (AvgIpc) is 2.49. The number of nitrogens with zero attached hydrogens (tertiary/aromatic N) is 2. The number of nitrogens with two attached hydrogens (primary N) is 2. The third-order valence-electron chi connectivity index (χ3n) is 3.10. The van der Waals surface area contributed by atoms with Gasteiger partial charge in [-0.25, -0.2) is 9.97 Å². The molecule has 2 aromatic rings. The van der Waals surface area contributed by atoms with Crippen LogP contribution in [0.25, 0.3) is 0 Å². The first kappa shape index (κ1) is 15.0. The van der Waals surface area contributed by atoms with E-state index in [9.17, 15) is 0 Å². The first-order valence-corrected chi connectivity index (χ1v) is 6.21. The van der Waals surface area contributed by atoms with Crippen LogP contribution in [0.5, 0.6) is 5.75 Å². The van der Waals surface area contributed by atoms with E-state index < -0.39 is 5.79 Å². The van der Waals surface area contributed by atoms with Crippen LogP contribution in [0.4, 0.5) is 11.6 Å².